The van der Waals surface area contributed by atoms with E-state index in [0.29, 0.717) is 12.8 Å². The molecule has 118 valence electrons. The summed E-state index contributed by atoms with van der Waals surface area (Å²) in [4.78, 5) is 17.6. The van der Waals surface area contributed by atoms with Crippen molar-refractivity contribution in [1.82, 2.24) is 9.55 Å². The van der Waals surface area contributed by atoms with Crippen molar-refractivity contribution in [3.63, 3.8) is 0 Å². The number of nitrogens with zero attached hydrogens (tertiary/aromatic N) is 3. The largest absolute Gasteiger partial charge is 0.481 e. The third kappa shape index (κ3) is 3.06. The fourth-order valence-corrected chi connectivity index (χ4v) is 2.88. The number of benzene rings is 1. The van der Waals surface area contributed by atoms with E-state index in [1.165, 1.54) is 5.69 Å². The van der Waals surface area contributed by atoms with Crippen molar-refractivity contribution in [3.8, 4) is 0 Å². The number of morpholine rings is 1. The predicted octanol–water partition coefficient (Wildman–Crippen LogP) is 1.82. The maximum Gasteiger partial charge on any atom is 0.303 e. The first-order chi connectivity index (χ1) is 10.6. The first-order valence-electron chi connectivity index (χ1n) is 7.65. The molecule has 0 amide bonds. The molecule has 0 unspecified atom stereocenters. The molecule has 3 rings (SSSR count). The van der Waals surface area contributed by atoms with Crippen LogP contribution in [-0.4, -0.2) is 46.9 Å². The van der Waals surface area contributed by atoms with Gasteiger partial charge in [-0.15, -0.1) is 0 Å². The molecular formula is C16H21N3O3. The van der Waals surface area contributed by atoms with Crippen LogP contribution < -0.4 is 4.90 Å². The Hall–Kier alpha value is -2.08. The molecule has 1 aromatic carbocycles. The molecule has 0 atom stereocenters. The van der Waals surface area contributed by atoms with Crippen LogP contribution in [0.25, 0.3) is 11.0 Å². The van der Waals surface area contributed by atoms with Crippen molar-refractivity contribution >= 4 is 22.7 Å². The Kier molecular flexibility index (Phi) is 4.29. The molecule has 2 heterocycles. The fourth-order valence-electron chi connectivity index (χ4n) is 2.88. The van der Waals surface area contributed by atoms with Gasteiger partial charge in [0.2, 0.25) is 0 Å². The minimum absolute atomic E-state index is 0.183. The Labute approximate surface area is 129 Å². The first-order valence-corrected chi connectivity index (χ1v) is 7.65. The van der Waals surface area contributed by atoms with Gasteiger partial charge in [0.25, 0.3) is 0 Å². The van der Waals surface area contributed by atoms with Crippen molar-refractivity contribution in [1.29, 1.82) is 0 Å². The van der Waals surface area contributed by atoms with Crippen molar-refractivity contribution in [2.75, 3.05) is 31.2 Å². The molecule has 1 N–H and O–H groups in total. The summed E-state index contributed by atoms with van der Waals surface area (Å²) >= 11 is 0. The van der Waals surface area contributed by atoms with Crippen molar-refractivity contribution in [3.05, 3.63) is 24.0 Å². The zero-order chi connectivity index (χ0) is 15.5. The molecule has 6 nitrogen and oxygen atoms in total. The SMILES string of the molecule is Cn1c(CCCC(=O)O)nc2cc(N3CCOCC3)ccc21. The maximum atomic E-state index is 10.6. The van der Waals surface area contributed by atoms with Gasteiger partial charge in [0.05, 0.1) is 24.2 Å². The zero-order valence-corrected chi connectivity index (χ0v) is 12.8. The van der Waals surface area contributed by atoms with Crippen LogP contribution in [0, 0.1) is 0 Å². The highest BCUT2D eigenvalue weighted by Gasteiger charge is 2.14. The average Bonchev–Trinajstić information content (AvgIpc) is 2.84. The van der Waals surface area contributed by atoms with Crippen molar-refractivity contribution < 1.29 is 14.6 Å². The molecule has 1 aliphatic rings. The number of aromatic nitrogens is 2. The van der Waals surface area contributed by atoms with Gasteiger partial charge in [-0.05, 0) is 24.6 Å². The number of ether oxygens (including phenoxy) is 1. The number of hydrogen-bond donors (Lipinski definition) is 1. The molecule has 0 aliphatic carbocycles. The molecular weight excluding hydrogens is 282 g/mol. The van der Waals surface area contributed by atoms with Gasteiger partial charge in [-0.25, -0.2) is 4.98 Å². The quantitative estimate of drug-likeness (QED) is 0.912. The lowest BCUT2D eigenvalue weighted by Gasteiger charge is -2.28. The second-order valence-electron chi connectivity index (χ2n) is 5.61. The van der Waals surface area contributed by atoms with Gasteiger partial charge < -0.3 is 19.3 Å². The van der Waals surface area contributed by atoms with Gasteiger partial charge in [-0.1, -0.05) is 0 Å². The van der Waals surface area contributed by atoms with Crippen LogP contribution in [0.2, 0.25) is 0 Å². The smallest absolute Gasteiger partial charge is 0.303 e. The zero-order valence-electron chi connectivity index (χ0n) is 12.8. The Balaban J connectivity index is 1.81. The topological polar surface area (TPSA) is 67.6 Å². The lowest BCUT2D eigenvalue weighted by Crippen LogP contribution is -2.36. The molecule has 1 fully saturated rings. The van der Waals surface area contributed by atoms with E-state index in [1.54, 1.807) is 0 Å². The van der Waals surface area contributed by atoms with Gasteiger partial charge in [0, 0.05) is 38.7 Å². The Bertz CT molecular complexity index is 675. The third-order valence-corrected chi connectivity index (χ3v) is 4.12. The minimum atomic E-state index is -0.756. The molecule has 0 bridgehead atoms. The summed E-state index contributed by atoms with van der Waals surface area (Å²) in [5.74, 6) is 0.184. The van der Waals surface area contributed by atoms with E-state index >= 15 is 0 Å². The van der Waals surface area contributed by atoms with E-state index in [2.05, 4.69) is 32.7 Å². The number of aliphatic carboxylic acids is 1. The summed E-state index contributed by atoms with van der Waals surface area (Å²) in [6.45, 7) is 3.34. The molecule has 0 spiro atoms. The summed E-state index contributed by atoms with van der Waals surface area (Å²) in [6.07, 6.45) is 1.48. The van der Waals surface area contributed by atoms with Crippen molar-refractivity contribution in [2.45, 2.75) is 19.3 Å². The van der Waals surface area contributed by atoms with E-state index in [4.69, 9.17) is 9.84 Å². The summed E-state index contributed by atoms with van der Waals surface area (Å²) in [5, 5.41) is 8.74. The summed E-state index contributed by atoms with van der Waals surface area (Å²) < 4.78 is 7.44. The van der Waals surface area contributed by atoms with Crippen LogP contribution >= 0.6 is 0 Å². The number of carbonyl (C=O) groups is 1. The van der Waals surface area contributed by atoms with Crippen LogP contribution in [0.3, 0.4) is 0 Å². The number of anilines is 1. The molecule has 2 aromatic rings. The highest BCUT2D eigenvalue weighted by atomic mass is 16.5. The summed E-state index contributed by atoms with van der Waals surface area (Å²) in [7, 11) is 1.99. The maximum absolute atomic E-state index is 10.6. The molecule has 0 saturated carbocycles. The normalized spacial score (nSPS) is 15.4. The Morgan fingerprint density at radius 1 is 1.36 bits per heavy atom. The molecule has 22 heavy (non-hydrogen) atoms. The molecule has 1 saturated heterocycles. The van der Waals surface area contributed by atoms with Crippen LogP contribution in [0.1, 0.15) is 18.7 Å². The monoisotopic (exact) mass is 303 g/mol. The predicted molar refractivity (Wildman–Crippen MR) is 84.3 cm³/mol. The third-order valence-electron chi connectivity index (χ3n) is 4.12. The minimum Gasteiger partial charge on any atom is -0.481 e. The summed E-state index contributed by atoms with van der Waals surface area (Å²) in [5.41, 5.74) is 3.23. The van der Waals surface area contributed by atoms with E-state index in [9.17, 15) is 4.79 Å². The molecule has 0 radical (unpaired) electrons. The van der Waals surface area contributed by atoms with Crippen LogP contribution in [-0.2, 0) is 23.0 Å². The van der Waals surface area contributed by atoms with E-state index in [0.717, 1.165) is 43.2 Å². The number of hydrogen-bond acceptors (Lipinski definition) is 4. The second-order valence-corrected chi connectivity index (χ2v) is 5.61. The van der Waals surface area contributed by atoms with E-state index < -0.39 is 5.97 Å². The van der Waals surface area contributed by atoms with E-state index in [-0.39, 0.29) is 6.42 Å². The number of carboxylic acid groups (broad SMARTS) is 1. The first kappa shape index (κ1) is 14.8. The van der Waals surface area contributed by atoms with Crippen LogP contribution in [0.5, 0.6) is 0 Å². The highest BCUT2D eigenvalue weighted by Crippen LogP contribution is 2.23. The van der Waals surface area contributed by atoms with Crippen molar-refractivity contribution in [2.24, 2.45) is 7.05 Å². The lowest BCUT2D eigenvalue weighted by atomic mass is 10.2. The second kappa shape index (κ2) is 6.36. The molecule has 6 heteroatoms. The molecule has 1 aromatic heterocycles. The van der Waals surface area contributed by atoms with Crippen LogP contribution in [0.4, 0.5) is 5.69 Å². The molecule has 1 aliphatic heterocycles. The van der Waals surface area contributed by atoms with Gasteiger partial charge in [0.15, 0.2) is 0 Å². The van der Waals surface area contributed by atoms with Crippen LogP contribution in [0.15, 0.2) is 18.2 Å². The van der Waals surface area contributed by atoms with Gasteiger partial charge in [-0.2, -0.15) is 0 Å². The standard InChI is InChI=1S/C16H21N3O3/c1-18-14-6-5-12(19-7-9-22-10-8-19)11-13(14)17-15(18)3-2-4-16(20)21/h5-6,11H,2-4,7-10H2,1H3,(H,20,21). The number of fused-ring (bicyclic) bond motifs is 1. The average molecular weight is 303 g/mol. The number of imidazole rings is 1. The van der Waals surface area contributed by atoms with Gasteiger partial charge in [0.1, 0.15) is 5.82 Å². The number of rotatable bonds is 5. The Morgan fingerprint density at radius 3 is 2.86 bits per heavy atom. The summed E-state index contributed by atoms with van der Waals surface area (Å²) in [6, 6.07) is 6.32. The Morgan fingerprint density at radius 2 is 2.14 bits per heavy atom. The lowest BCUT2D eigenvalue weighted by molar-refractivity contribution is -0.137. The number of aryl methyl sites for hydroxylation is 2. The fraction of sp³-hybridized carbons (Fsp3) is 0.500. The van der Waals surface area contributed by atoms with Gasteiger partial charge >= 0.3 is 5.97 Å². The number of carboxylic acids is 1. The van der Waals surface area contributed by atoms with Gasteiger partial charge in [-0.3, -0.25) is 4.79 Å². The highest BCUT2D eigenvalue weighted by molar-refractivity contribution is 5.80. The van der Waals surface area contributed by atoms with E-state index in [1.807, 2.05) is 7.05 Å².